The molecule has 1 aliphatic carbocycles. The molecule has 1 nitrogen and oxygen atoms in total. The molecule has 0 saturated heterocycles. The summed E-state index contributed by atoms with van der Waals surface area (Å²) in [5.41, 5.74) is 0. The molecule has 0 unspecified atom stereocenters. The summed E-state index contributed by atoms with van der Waals surface area (Å²) in [7, 11) is 0. The zero-order chi connectivity index (χ0) is 8.27. The molecule has 0 amide bonds. The van der Waals surface area contributed by atoms with Gasteiger partial charge in [0.2, 0.25) is 0 Å². The van der Waals surface area contributed by atoms with Crippen molar-refractivity contribution in [2.75, 3.05) is 6.54 Å². The second-order valence-electron chi connectivity index (χ2n) is 4.17. The van der Waals surface area contributed by atoms with Gasteiger partial charge >= 0.3 is 0 Å². The lowest BCUT2D eigenvalue weighted by Gasteiger charge is -2.35. The highest BCUT2D eigenvalue weighted by Gasteiger charge is 2.26. The van der Waals surface area contributed by atoms with Crippen molar-refractivity contribution in [3.63, 3.8) is 0 Å². The molecule has 1 N–H and O–H groups in total. The fourth-order valence-corrected chi connectivity index (χ4v) is 1.78. The maximum absolute atomic E-state index is 3.49. The Bertz CT molecular complexity index is 103. The molecular weight excluding hydrogens is 134 g/mol. The van der Waals surface area contributed by atoms with Gasteiger partial charge in [0.05, 0.1) is 0 Å². The number of rotatable bonds is 4. The maximum atomic E-state index is 3.49. The molecule has 1 aliphatic rings. The molecule has 1 heteroatoms. The topological polar surface area (TPSA) is 12.0 Å². The van der Waals surface area contributed by atoms with Crippen LogP contribution in [0.3, 0.4) is 0 Å². The molecule has 0 radical (unpaired) electrons. The molecule has 1 rings (SSSR count). The average molecular weight is 155 g/mol. The van der Waals surface area contributed by atoms with E-state index >= 15 is 0 Å². The van der Waals surface area contributed by atoms with Crippen LogP contribution in [0.4, 0.5) is 0 Å². The van der Waals surface area contributed by atoms with Gasteiger partial charge in [-0.3, -0.25) is 0 Å². The lowest BCUT2D eigenvalue weighted by Crippen LogP contribution is -2.35. The minimum Gasteiger partial charge on any atom is -0.314 e. The standard InChI is InChI=1S/C10H21N/c1-4-9-5-10(6-9)7-11-8(2)3/h8-11H,4-7H2,1-3H3. The van der Waals surface area contributed by atoms with Gasteiger partial charge in [0.25, 0.3) is 0 Å². The predicted molar refractivity (Wildman–Crippen MR) is 49.6 cm³/mol. The van der Waals surface area contributed by atoms with Gasteiger partial charge in [0.1, 0.15) is 0 Å². The Kier molecular flexibility index (Phi) is 3.38. The van der Waals surface area contributed by atoms with Crippen molar-refractivity contribution < 1.29 is 0 Å². The van der Waals surface area contributed by atoms with Crippen molar-refractivity contribution >= 4 is 0 Å². The van der Waals surface area contributed by atoms with E-state index in [9.17, 15) is 0 Å². The van der Waals surface area contributed by atoms with Gasteiger partial charge in [-0.2, -0.15) is 0 Å². The summed E-state index contributed by atoms with van der Waals surface area (Å²) < 4.78 is 0. The maximum Gasteiger partial charge on any atom is 0.00104 e. The molecule has 1 fully saturated rings. The summed E-state index contributed by atoms with van der Waals surface area (Å²) in [6, 6.07) is 0.663. The van der Waals surface area contributed by atoms with Crippen LogP contribution in [-0.2, 0) is 0 Å². The quantitative estimate of drug-likeness (QED) is 0.657. The Labute approximate surface area is 70.6 Å². The first-order valence-electron chi connectivity index (χ1n) is 4.95. The molecule has 0 aromatic heterocycles. The summed E-state index contributed by atoms with van der Waals surface area (Å²) in [5, 5.41) is 3.49. The number of nitrogens with one attached hydrogen (secondary N) is 1. The molecule has 0 aromatic rings. The highest BCUT2D eigenvalue weighted by molar-refractivity contribution is 4.80. The third-order valence-corrected chi connectivity index (χ3v) is 2.73. The van der Waals surface area contributed by atoms with Gasteiger partial charge in [-0.05, 0) is 31.2 Å². The lowest BCUT2D eigenvalue weighted by atomic mass is 9.73. The van der Waals surface area contributed by atoms with Gasteiger partial charge in [-0.15, -0.1) is 0 Å². The van der Waals surface area contributed by atoms with Crippen molar-refractivity contribution in [2.45, 2.75) is 46.1 Å². The van der Waals surface area contributed by atoms with Crippen LogP contribution in [0.15, 0.2) is 0 Å². The molecule has 0 aliphatic heterocycles. The second-order valence-corrected chi connectivity index (χ2v) is 4.17. The second kappa shape index (κ2) is 4.10. The van der Waals surface area contributed by atoms with Crippen molar-refractivity contribution in [3.8, 4) is 0 Å². The van der Waals surface area contributed by atoms with Crippen LogP contribution in [0.2, 0.25) is 0 Å². The third kappa shape index (κ3) is 2.82. The van der Waals surface area contributed by atoms with Gasteiger partial charge in [0.15, 0.2) is 0 Å². The van der Waals surface area contributed by atoms with Crippen molar-refractivity contribution in [1.29, 1.82) is 0 Å². The average Bonchev–Trinajstić information content (AvgIpc) is 1.84. The Morgan fingerprint density at radius 1 is 1.27 bits per heavy atom. The molecule has 66 valence electrons. The van der Waals surface area contributed by atoms with Gasteiger partial charge in [-0.1, -0.05) is 27.2 Å². The van der Waals surface area contributed by atoms with E-state index in [0.29, 0.717) is 6.04 Å². The smallest absolute Gasteiger partial charge is 0.00104 e. The Balaban J connectivity index is 1.96. The summed E-state index contributed by atoms with van der Waals surface area (Å²) in [4.78, 5) is 0. The summed E-state index contributed by atoms with van der Waals surface area (Å²) >= 11 is 0. The Morgan fingerprint density at radius 3 is 2.36 bits per heavy atom. The first-order chi connectivity index (χ1) is 5.22. The van der Waals surface area contributed by atoms with E-state index in [2.05, 4.69) is 26.1 Å². The fraction of sp³-hybridized carbons (Fsp3) is 1.00. The third-order valence-electron chi connectivity index (χ3n) is 2.73. The Morgan fingerprint density at radius 2 is 1.91 bits per heavy atom. The zero-order valence-corrected chi connectivity index (χ0v) is 8.06. The SMILES string of the molecule is CCC1CC(CNC(C)C)C1. The minimum atomic E-state index is 0.663. The van der Waals surface area contributed by atoms with Gasteiger partial charge in [0, 0.05) is 6.04 Å². The van der Waals surface area contributed by atoms with E-state index in [-0.39, 0.29) is 0 Å². The van der Waals surface area contributed by atoms with E-state index < -0.39 is 0 Å². The molecule has 0 atom stereocenters. The lowest BCUT2D eigenvalue weighted by molar-refractivity contribution is 0.180. The zero-order valence-electron chi connectivity index (χ0n) is 8.06. The van der Waals surface area contributed by atoms with E-state index in [4.69, 9.17) is 0 Å². The predicted octanol–water partition coefficient (Wildman–Crippen LogP) is 2.42. The van der Waals surface area contributed by atoms with Crippen LogP contribution in [-0.4, -0.2) is 12.6 Å². The number of hydrogen-bond acceptors (Lipinski definition) is 1. The van der Waals surface area contributed by atoms with E-state index in [1.165, 1.54) is 25.8 Å². The van der Waals surface area contributed by atoms with Gasteiger partial charge in [-0.25, -0.2) is 0 Å². The van der Waals surface area contributed by atoms with Crippen molar-refractivity contribution in [2.24, 2.45) is 11.8 Å². The summed E-state index contributed by atoms with van der Waals surface area (Å²) in [6.45, 7) is 7.98. The normalized spacial score (nSPS) is 30.5. The summed E-state index contributed by atoms with van der Waals surface area (Å²) in [5.74, 6) is 2.04. The fourth-order valence-electron chi connectivity index (χ4n) is 1.78. The van der Waals surface area contributed by atoms with Crippen molar-refractivity contribution in [3.05, 3.63) is 0 Å². The van der Waals surface area contributed by atoms with Crippen molar-refractivity contribution in [1.82, 2.24) is 5.32 Å². The molecular formula is C10H21N. The molecule has 0 bridgehead atoms. The highest BCUT2D eigenvalue weighted by Crippen LogP contribution is 2.35. The molecule has 0 spiro atoms. The minimum absolute atomic E-state index is 0.663. The van der Waals surface area contributed by atoms with Crippen LogP contribution in [0, 0.1) is 11.8 Å². The van der Waals surface area contributed by atoms with Crippen LogP contribution in [0.5, 0.6) is 0 Å². The molecule has 1 saturated carbocycles. The first kappa shape index (κ1) is 9.05. The Hall–Kier alpha value is -0.0400. The first-order valence-corrected chi connectivity index (χ1v) is 4.95. The molecule has 11 heavy (non-hydrogen) atoms. The van der Waals surface area contributed by atoms with Crippen LogP contribution in [0.1, 0.15) is 40.0 Å². The van der Waals surface area contributed by atoms with E-state index in [0.717, 1.165) is 11.8 Å². The van der Waals surface area contributed by atoms with E-state index in [1.54, 1.807) is 0 Å². The molecule has 0 heterocycles. The van der Waals surface area contributed by atoms with Crippen LogP contribution in [0.25, 0.3) is 0 Å². The summed E-state index contributed by atoms with van der Waals surface area (Å²) in [6.07, 6.45) is 4.32. The monoisotopic (exact) mass is 155 g/mol. The number of hydrogen-bond donors (Lipinski definition) is 1. The van der Waals surface area contributed by atoms with Gasteiger partial charge < -0.3 is 5.32 Å². The van der Waals surface area contributed by atoms with Crippen LogP contribution >= 0.6 is 0 Å². The van der Waals surface area contributed by atoms with Crippen LogP contribution < -0.4 is 5.32 Å². The van der Waals surface area contributed by atoms with E-state index in [1.807, 2.05) is 0 Å². The molecule has 0 aromatic carbocycles. The largest absolute Gasteiger partial charge is 0.314 e. The highest BCUT2D eigenvalue weighted by atomic mass is 14.9.